The second-order valence-corrected chi connectivity index (χ2v) is 9.03. The molecule has 0 amide bonds. The number of benzene rings is 2. The van der Waals surface area contributed by atoms with E-state index in [1.165, 1.54) is 11.8 Å². The first-order chi connectivity index (χ1) is 16.0. The zero-order valence-corrected chi connectivity index (χ0v) is 19.5. The molecule has 1 aliphatic heterocycles. The Bertz CT molecular complexity index is 1170. The first-order valence-electron chi connectivity index (χ1n) is 10.7. The van der Waals surface area contributed by atoms with E-state index in [4.69, 9.17) is 15.0 Å². The lowest BCUT2D eigenvalue weighted by atomic mass is 10.1. The summed E-state index contributed by atoms with van der Waals surface area (Å²) in [5.41, 5.74) is 2.17. The van der Waals surface area contributed by atoms with Crippen LogP contribution in [0.2, 0.25) is 0 Å². The minimum absolute atomic E-state index is 0.0216. The molecular formula is C25H25N5O2S. The molecule has 0 N–H and O–H groups in total. The van der Waals surface area contributed by atoms with E-state index in [1.807, 2.05) is 30.3 Å². The fourth-order valence-electron chi connectivity index (χ4n) is 3.43. The number of hydrogen-bond donors (Lipinski definition) is 0. The highest BCUT2D eigenvalue weighted by Gasteiger charge is 2.19. The van der Waals surface area contributed by atoms with Crippen LogP contribution in [0.3, 0.4) is 0 Å². The Balaban J connectivity index is 1.58. The molecule has 7 nitrogen and oxygen atoms in total. The lowest BCUT2D eigenvalue weighted by molar-refractivity contribution is 0.101. The van der Waals surface area contributed by atoms with Crippen molar-refractivity contribution in [2.75, 3.05) is 38.1 Å². The fraction of sp³-hybridized carbons (Fsp3) is 0.280. The number of likely N-dealkylation sites (N-methyl/N-ethyl adjacent to an activating group) is 1. The van der Waals surface area contributed by atoms with E-state index in [9.17, 15) is 4.79 Å². The van der Waals surface area contributed by atoms with Crippen molar-refractivity contribution in [2.24, 2.45) is 0 Å². The molecule has 1 fully saturated rings. The maximum atomic E-state index is 11.7. The number of anilines is 1. The smallest absolute Gasteiger partial charge is 0.232 e. The Morgan fingerprint density at radius 1 is 1.15 bits per heavy atom. The van der Waals surface area contributed by atoms with Gasteiger partial charge in [0.25, 0.3) is 0 Å². The van der Waals surface area contributed by atoms with Crippen LogP contribution in [-0.4, -0.2) is 53.9 Å². The molecule has 3 aromatic rings. The van der Waals surface area contributed by atoms with Crippen LogP contribution in [0.1, 0.15) is 28.4 Å². The van der Waals surface area contributed by atoms with Crippen molar-refractivity contribution in [1.29, 1.82) is 5.26 Å². The summed E-state index contributed by atoms with van der Waals surface area (Å²) in [4.78, 5) is 27.3. The molecule has 0 bridgehead atoms. The molecule has 0 saturated carbocycles. The van der Waals surface area contributed by atoms with Crippen molar-refractivity contribution in [2.45, 2.75) is 23.3 Å². The Labute approximate surface area is 198 Å². The van der Waals surface area contributed by atoms with Crippen LogP contribution in [0.15, 0.2) is 64.5 Å². The first kappa shape index (κ1) is 22.8. The third kappa shape index (κ3) is 5.89. The number of carbonyl (C=O) groups is 1. The molecule has 1 aliphatic rings. The monoisotopic (exact) mass is 459 g/mol. The van der Waals surface area contributed by atoms with E-state index in [-0.39, 0.29) is 5.78 Å². The Kier molecular flexibility index (Phi) is 7.23. The van der Waals surface area contributed by atoms with Crippen molar-refractivity contribution in [1.82, 2.24) is 14.9 Å². The molecule has 1 saturated heterocycles. The van der Waals surface area contributed by atoms with Crippen molar-refractivity contribution in [3.63, 3.8) is 0 Å². The van der Waals surface area contributed by atoms with Crippen LogP contribution in [0.4, 0.5) is 5.95 Å². The van der Waals surface area contributed by atoms with Crippen molar-refractivity contribution in [3.05, 3.63) is 71.4 Å². The molecular weight excluding hydrogens is 434 g/mol. The third-order valence-corrected chi connectivity index (χ3v) is 6.42. The number of nitriles is 1. The molecule has 2 aromatic carbocycles. The summed E-state index contributed by atoms with van der Waals surface area (Å²) in [5.74, 6) is 1.18. The van der Waals surface area contributed by atoms with Gasteiger partial charge in [0.1, 0.15) is 6.61 Å². The lowest BCUT2D eigenvalue weighted by Gasteiger charge is -2.32. The van der Waals surface area contributed by atoms with Gasteiger partial charge in [-0.25, -0.2) is 4.98 Å². The molecule has 8 heteroatoms. The largest absolute Gasteiger partial charge is 0.472 e. The van der Waals surface area contributed by atoms with Crippen LogP contribution in [0, 0.1) is 11.3 Å². The van der Waals surface area contributed by atoms with Gasteiger partial charge in [0.05, 0.1) is 22.7 Å². The van der Waals surface area contributed by atoms with Gasteiger partial charge in [-0.05, 0) is 49.9 Å². The third-order valence-electron chi connectivity index (χ3n) is 5.42. The number of Topliss-reactive ketones (excluding diaryl/α,β-unsaturated/α-hetero) is 1. The average Bonchev–Trinajstić information content (AvgIpc) is 2.84. The zero-order valence-electron chi connectivity index (χ0n) is 18.7. The maximum Gasteiger partial charge on any atom is 0.232 e. The van der Waals surface area contributed by atoms with Crippen molar-refractivity contribution < 1.29 is 9.53 Å². The topological polar surface area (TPSA) is 82.3 Å². The minimum Gasteiger partial charge on any atom is -0.472 e. The molecule has 2 heterocycles. The molecule has 33 heavy (non-hydrogen) atoms. The molecule has 0 unspecified atom stereocenters. The predicted octanol–water partition coefficient (Wildman–Crippen LogP) is 4.03. The van der Waals surface area contributed by atoms with Gasteiger partial charge in [-0.1, -0.05) is 30.0 Å². The van der Waals surface area contributed by atoms with E-state index in [0.717, 1.165) is 41.5 Å². The van der Waals surface area contributed by atoms with Crippen LogP contribution < -0.4 is 9.64 Å². The number of carbonyl (C=O) groups excluding carboxylic acids is 1. The molecule has 0 radical (unpaired) electrons. The zero-order chi connectivity index (χ0) is 23.2. The van der Waals surface area contributed by atoms with Gasteiger partial charge in [0, 0.05) is 36.6 Å². The van der Waals surface area contributed by atoms with Gasteiger partial charge >= 0.3 is 0 Å². The van der Waals surface area contributed by atoms with Crippen molar-refractivity contribution in [3.8, 4) is 11.9 Å². The van der Waals surface area contributed by atoms with E-state index in [1.54, 1.807) is 31.3 Å². The van der Waals surface area contributed by atoms with Crippen LogP contribution in [-0.2, 0) is 6.61 Å². The van der Waals surface area contributed by atoms with Gasteiger partial charge in [-0.2, -0.15) is 10.2 Å². The van der Waals surface area contributed by atoms with Crippen molar-refractivity contribution >= 4 is 23.5 Å². The van der Waals surface area contributed by atoms with E-state index >= 15 is 0 Å². The number of aromatic nitrogens is 2. The molecule has 0 aliphatic carbocycles. The highest BCUT2D eigenvalue weighted by atomic mass is 32.2. The summed E-state index contributed by atoms with van der Waals surface area (Å²) >= 11 is 1.49. The summed E-state index contributed by atoms with van der Waals surface area (Å²) in [6, 6.07) is 16.9. The Morgan fingerprint density at radius 2 is 1.91 bits per heavy atom. The molecule has 4 rings (SSSR count). The Hall–Kier alpha value is -3.41. The van der Waals surface area contributed by atoms with Gasteiger partial charge in [-0.15, -0.1) is 0 Å². The number of hydrogen-bond acceptors (Lipinski definition) is 8. The van der Waals surface area contributed by atoms with E-state index in [0.29, 0.717) is 29.6 Å². The number of piperazine rings is 1. The van der Waals surface area contributed by atoms with Crippen LogP contribution >= 0.6 is 11.8 Å². The molecule has 0 atom stereocenters. The van der Waals surface area contributed by atoms with Gasteiger partial charge in [-0.3, -0.25) is 4.79 Å². The summed E-state index contributed by atoms with van der Waals surface area (Å²) in [7, 11) is 2.11. The predicted molar refractivity (Wildman–Crippen MR) is 128 cm³/mol. The fourth-order valence-corrected chi connectivity index (χ4v) is 4.26. The quantitative estimate of drug-likeness (QED) is 0.490. The van der Waals surface area contributed by atoms with Crippen LogP contribution in [0.25, 0.3) is 0 Å². The standard InChI is InChI=1S/C25H25N5O2S/c1-18(31)21-5-3-4-20(14-21)17-32-24-23(33-22-8-6-19(15-26)7-9-22)16-27-25(28-24)30-12-10-29(2)11-13-30/h3-9,14,16H,10-13,17H2,1-2H3. The van der Waals surface area contributed by atoms with Gasteiger partial charge in [0.2, 0.25) is 11.8 Å². The normalized spacial score (nSPS) is 14.0. The highest BCUT2D eigenvalue weighted by Crippen LogP contribution is 2.35. The number of ether oxygens (including phenoxy) is 1. The SMILES string of the molecule is CC(=O)c1cccc(COc2nc(N3CCN(C)CC3)ncc2Sc2ccc(C#N)cc2)c1. The summed E-state index contributed by atoms with van der Waals surface area (Å²) in [6.07, 6.45) is 1.80. The molecule has 1 aromatic heterocycles. The first-order valence-corrected chi connectivity index (χ1v) is 11.5. The van der Waals surface area contributed by atoms with E-state index < -0.39 is 0 Å². The van der Waals surface area contributed by atoms with E-state index in [2.05, 4.69) is 27.9 Å². The summed E-state index contributed by atoms with van der Waals surface area (Å²) in [5, 5.41) is 9.04. The summed E-state index contributed by atoms with van der Waals surface area (Å²) < 4.78 is 6.15. The van der Waals surface area contributed by atoms with Gasteiger partial charge < -0.3 is 14.5 Å². The lowest BCUT2D eigenvalue weighted by Crippen LogP contribution is -2.45. The highest BCUT2D eigenvalue weighted by molar-refractivity contribution is 7.99. The number of nitrogens with zero attached hydrogens (tertiary/aromatic N) is 5. The minimum atomic E-state index is 0.0216. The second-order valence-electron chi connectivity index (χ2n) is 7.91. The second kappa shape index (κ2) is 10.5. The van der Waals surface area contributed by atoms with Crippen LogP contribution in [0.5, 0.6) is 5.88 Å². The summed E-state index contributed by atoms with van der Waals surface area (Å²) in [6.45, 7) is 5.48. The van der Waals surface area contributed by atoms with Gasteiger partial charge in [0.15, 0.2) is 5.78 Å². The average molecular weight is 460 g/mol. The molecule has 168 valence electrons. The molecule has 0 spiro atoms. The Morgan fingerprint density at radius 3 is 2.61 bits per heavy atom. The number of rotatable bonds is 7. The maximum absolute atomic E-state index is 11.7. The number of ketones is 1.